The summed E-state index contributed by atoms with van der Waals surface area (Å²) in [5.41, 5.74) is 0.977. The minimum Gasteiger partial charge on any atom is -0.449 e. The van der Waals surface area contributed by atoms with E-state index in [0.29, 0.717) is 16.3 Å². The molecule has 2 rings (SSSR count). The van der Waals surface area contributed by atoms with Crippen LogP contribution in [-0.2, 0) is 24.3 Å². The van der Waals surface area contributed by atoms with Crippen LogP contribution in [0.1, 0.15) is 12.5 Å². The summed E-state index contributed by atoms with van der Waals surface area (Å²) in [5, 5.41) is 8.00. The van der Waals surface area contributed by atoms with Gasteiger partial charge in [-0.05, 0) is 48.9 Å². The minimum absolute atomic E-state index is 0.0790. The van der Waals surface area contributed by atoms with Gasteiger partial charge in [0.1, 0.15) is 0 Å². The molecular formula is C18H17ClN2O5S. The second-order valence-electron chi connectivity index (χ2n) is 5.49. The van der Waals surface area contributed by atoms with E-state index in [2.05, 4.69) is 5.32 Å². The lowest BCUT2D eigenvalue weighted by atomic mass is 10.2. The smallest absolute Gasteiger partial charge is 0.331 e. The summed E-state index contributed by atoms with van der Waals surface area (Å²) in [6, 6.07) is 12.2. The van der Waals surface area contributed by atoms with Crippen molar-refractivity contribution in [2.45, 2.75) is 17.9 Å². The van der Waals surface area contributed by atoms with E-state index in [4.69, 9.17) is 21.5 Å². The molecule has 0 aliphatic carbocycles. The van der Waals surface area contributed by atoms with Gasteiger partial charge in [0.2, 0.25) is 10.0 Å². The Bertz CT molecular complexity index is 972. The van der Waals surface area contributed by atoms with Crippen molar-refractivity contribution in [3.05, 3.63) is 65.2 Å². The van der Waals surface area contributed by atoms with E-state index in [1.165, 1.54) is 43.3 Å². The molecule has 0 aliphatic rings. The van der Waals surface area contributed by atoms with E-state index in [9.17, 15) is 18.0 Å². The van der Waals surface area contributed by atoms with Crippen LogP contribution in [0.5, 0.6) is 0 Å². The molecule has 27 heavy (non-hydrogen) atoms. The number of benzene rings is 2. The summed E-state index contributed by atoms with van der Waals surface area (Å²) in [6.45, 7) is 1.41. The molecule has 0 fully saturated rings. The Kier molecular flexibility index (Phi) is 6.73. The average Bonchev–Trinajstić information content (AvgIpc) is 2.60. The predicted molar refractivity (Wildman–Crippen MR) is 102 cm³/mol. The zero-order chi connectivity index (χ0) is 20.0. The number of halogens is 1. The van der Waals surface area contributed by atoms with E-state index in [-0.39, 0.29) is 4.90 Å². The lowest BCUT2D eigenvalue weighted by Crippen LogP contribution is -2.29. The monoisotopic (exact) mass is 408 g/mol. The molecule has 0 unspecified atom stereocenters. The van der Waals surface area contributed by atoms with Crippen LogP contribution in [0.25, 0.3) is 6.08 Å². The van der Waals surface area contributed by atoms with E-state index < -0.39 is 28.0 Å². The molecule has 2 aromatic carbocycles. The van der Waals surface area contributed by atoms with Crippen molar-refractivity contribution in [2.24, 2.45) is 5.14 Å². The van der Waals surface area contributed by atoms with Crippen LogP contribution in [0.15, 0.2) is 59.5 Å². The van der Waals surface area contributed by atoms with E-state index in [0.717, 1.165) is 0 Å². The molecule has 0 aromatic heterocycles. The molecule has 1 amide bonds. The van der Waals surface area contributed by atoms with Crippen molar-refractivity contribution in [1.82, 2.24) is 0 Å². The molecule has 1 atom stereocenters. The SMILES string of the molecule is C[C@@H](OC(=O)/C=C/c1ccccc1Cl)C(=O)Nc1ccc(S(N)(=O)=O)cc1. The van der Waals surface area contributed by atoms with Crippen LogP contribution < -0.4 is 10.5 Å². The Morgan fingerprint density at radius 1 is 1.15 bits per heavy atom. The number of rotatable bonds is 6. The van der Waals surface area contributed by atoms with Gasteiger partial charge in [0.25, 0.3) is 5.91 Å². The third-order valence-corrected chi connectivity index (χ3v) is 4.69. The van der Waals surface area contributed by atoms with Gasteiger partial charge in [0.15, 0.2) is 6.10 Å². The molecule has 142 valence electrons. The maximum atomic E-state index is 12.1. The van der Waals surface area contributed by atoms with Gasteiger partial charge < -0.3 is 10.1 Å². The summed E-state index contributed by atoms with van der Waals surface area (Å²) >= 11 is 5.98. The number of carbonyl (C=O) groups excluding carboxylic acids is 2. The maximum absolute atomic E-state index is 12.1. The van der Waals surface area contributed by atoms with Crippen molar-refractivity contribution in [2.75, 3.05) is 5.32 Å². The van der Waals surface area contributed by atoms with Gasteiger partial charge in [0, 0.05) is 16.8 Å². The second kappa shape index (κ2) is 8.81. The fourth-order valence-electron chi connectivity index (χ4n) is 2.01. The Morgan fingerprint density at radius 2 is 1.78 bits per heavy atom. The lowest BCUT2D eigenvalue weighted by Gasteiger charge is -2.12. The largest absolute Gasteiger partial charge is 0.449 e. The quantitative estimate of drug-likeness (QED) is 0.563. The van der Waals surface area contributed by atoms with Crippen molar-refractivity contribution in [3.63, 3.8) is 0 Å². The number of nitrogens with two attached hydrogens (primary N) is 1. The fraction of sp³-hybridized carbons (Fsp3) is 0.111. The van der Waals surface area contributed by atoms with Crippen LogP contribution in [-0.4, -0.2) is 26.4 Å². The number of carbonyl (C=O) groups is 2. The first-order chi connectivity index (χ1) is 12.7. The Morgan fingerprint density at radius 3 is 2.37 bits per heavy atom. The molecule has 0 aliphatic heterocycles. The minimum atomic E-state index is -3.81. The highest BCUT2D eigenvalue weighted by Gasteiger charge is 2.17. The molecule has 0 saturated carbocycles. The summed E-state index contributed by atoms with van der Waals surface area (Å²) in [6.07, 6.45) is 1.60. The molecule has 0 saturated heterocycles. The van der Waals surface area contributed by atoms with Gasteiger partial charge in [0.05, 0.1) is 4.90 Å². The lowest BCUT2D eigenvalue weighted by molar-refractivity contribution is -0.148. The van der Waals surface area contributed by atoms with Gasteiger partial charge in [-0.2, -0.15) is 0 Å². The summed E-state index contributed by atoms with van der Waals surface area (Å²) < 4.78 is 27.4. The molecule has 0 spiro atoms. The van der Waals surface area contributed by atoms with Gasteiger partial charge in [-0.3, -0.25) is 4.79 Å². The third-order valence-electron chi connectivity index (χ3n) is 3.42. The number of hydrogen-bond acceptors (Lipinski definition) is 5. The first-order valence-corrected chi connectivity index (χ1v) is 9.66. The molecule has 0 radical (unpaired) electrons. The first kappa shape index (κ1) is 20.6. The van der Waals surface area contributed by atoms with Crippen molar-refractivity contribution in [3.8, 4) is 0 Å². The number of ether oxygens (including phenoxy) is 1. The van der Waals surface area contributed by atoms with Gasteiger partial charge in [-0.25, -0.2) is 18.4 Å². The van der Waals surface area contributed by atoms with Crippen LogP contribution in [0, 0.1) is 0 Å². The predicted octanol–water partition coefficient (Wildman–Crippen LogP) is 2.57. The van der Waals surface area contributed by atoms with Crippen LogP contribution in [0.4, 0.5) is 5.69 Å². The van der Waals surface area contributed by atoms with Crippen molar-refractivity contribution in [1.29, 1.82) is 0 Å². The fourth-order valence-corrected chi connectivity index (χ4v) is 2.72. The van der Waals surface area contributed by atoms with E-state index in [1.54, 1.807) is 24.3 Å². The standard InChI is InChI=1S/C18H17ClN2O5S/c1-12(26-17(22)11-6-13-4-2-3-5-16(13)19)18(23)21-14-7-9-15(10-8-14)27(20,24)25/h2-12H,1H3,(H,21,23)(H2,20,24,25)/b11-6+/t12-/m1/s1. The molecule has 9 heteroatoms. The van der Waals surface area contributed by atoms with Crippen molar-refractivity contribution < 1.29 is 22.7 Å². The second-order valence-corrected chi connectivity index (χ2v) is 7.46. The van der Waals surface area contributed by atoms with Crippen LogP contribution in [0.3, 0.4) is 0 Å². The number of amides is 1. The van der Waals surface area contributed by atoms with E-state index in [1.807, 2.05) is 0 Å². The molecule has 0 bridgehead atoms. The van der Waals surface area contributed by atoms with Crippen LogP contribution in [0.2, 0.25) is 5.02 Å². The molecule has 7 nitrogen and oxygen atoms in total. The average molecular weight is 409 g/mol. The van der Waals surface area contributed by atoms with Crippen LogP contribution >= 0.6 is 11.6 Å². The maximum Gasteiger partial charge on any atom is 0.331 e. The van der Waals surface area contributed by atoms with Gasteiger partial charge in [-0.1, -0.05) is 29.8 Å². The third kappa shape index (κ3) is 6.21. The normalized spacial score (nSPS) is 12.6. The summed E-state index contributed by atoms with van der Waals surface area (Å²) in [5.74, 6) is -1.28. The number of esters is 1. The highest BCUT2D eigenvalue weighted by molar-refractivity contribution is 7.89. The number of sulfonamides is 1. The van der Waals surface area contributed by atoms with E-state index >= 15 is 0 Å². The first-order valence-electron chi connectivity index (χ1n) is 7.74. The highest BCUT2D eigenvalue weighted by Crippen LogP contribution is 2.16. The topological polar surface area (TPSA) is 116 Å². The molecule has 3 N–H and O–H groups in total. The Labute approximate surface area is 161 Å². The zero-order valence-corrected chi connectivity index (χ0v) is 15.8. The Balaban J connectivity index is 1.93. The summed E-state index contributed by atoms with van der Waals surface area (Å²) in [4.78, 5) is 23.8. The van der Waals surface area contributed by atoms with Crippen molar-refractivity contribution >= 4 is 45.3 Å². The zero-order valence-electron chi connectivity index (χ0n) is 14.3. The number of hydrogen-bond donors (Lipinski definition) is 2. The Hall–Kier alpha value is -2.68. The molecule has 0 heterocycles. The van der Waals surface area contributed by atoms with Gasteiger partial charge >= 0.3 is 5.97 Å². The number of nitrogens with one attached hydrogen (secondary N) is 1. The summed E-state index contributed by atoms with van der Waals surface area (Å²) in [7, 11) is -3.81. The molecular weight excluding hydrogens is 392 g/mol. The van der Waals surface area contributed by atoms with Gasteiger partial charge in [-0.15, -0.1) is 0 Å². The number of anilines is 1. The number of primary sulfonamides is 1. The highest BCUT2D eigenvalue weighted by atomic mass is 35.5. The molecule has 2 aromatic rings.